The number of Topliss-reactive ketones (excluding diaryl/α,β-unsaturated/α-hetero) is 1. The molecular formula is C18H15Cl2N5OS. The predicted octanol–water partition coefficient (Wildman–Crippen LogP) is 4.64. The summed E-state index contributed by atoms with van der Waals surface area (Å²) in [5, 5.41) is 11.6. The molecular weight excluding hydrogens is 405 g/mol. The van der Waals surface area contributed by atoms with Crippen LogP contribution in [0.2, 0.25) is 10.0 Å². The van der Waals surface area contributed by atoms with Crippen molar-refractivity contribution in [2.45, 2.75) is 13.5 Å². The van der Waals surface area contributed by atoms with Crippen LogP contribution in [-0.4, -0.2) is 25.7 Å². The molecule has 2 aromatic carbocycles. The number of hydrogen-bond donors (Lipinski definition) is 2. The van der Waals surface area contributed by atoms with Gasteiger partial charge >= 0.3 is 0 Å². The first-order valence-electron chi connectivity index (χ1n) is 7.93. The quantitative estimate of drug-likeness (QED) is 0.463. The molecule has 0 bridgehead atoms. The van der Waals surface area contributed by atoms with Crippen LogP contribution in [0.1, 0.15) is 22.8 Å². The molecule has 0 spiro atoms. The molecule has 0 radical (unpaired) electrons. The Kier molecular flexibility index (Phi) is 6.05. The summed E-state index contributed by atoms with van der Waals surface area (Å²) in [6.07, 6.45) is 1.59. The third-order valence-electron chi connectivity index (χ3n) is 3.64. The van der Waals surface area contributed by atoms with Gasteiger partial charge in [0.25, 0.3) is 0 Å². The Hall–Kier alpha value is -2.48. The van der Waals surface area contributed by atoms with E-state index in [2.05, 4.69) is 20.7 Å². The Morgan fingerprint density at radius 1 is 1.11 bits per heavy atom. The molecule has 3 aromatic rings. The van der Waals surface area contributed by atoms with Gasteiger partial charge in [-0.25, -0.2) is 9.67 Å². The predicted molar refractivity (Wildman–Crippen MR) is 112 cm³/mol. The highest BCUT2D eigenvalue weighted by atomic mass is 35.5. The maximum Gasteiger partial charge on any atom is 0.248 e. The molecule has 2 N–H and O–H groups in total. The number of hydrogen-bond acceptors (Lipinski definition) is 4. The number of carbonyl (C=O) groups excluding carboxylic acids is 1. The van der Waals surface area contributed by atoms with Crippen molar-refractivity contribution in [2.75, 3.05) is 10.6 Å². The van der Waals surface area contributed by atoms with Crippen LogP contribution < -0.4 is 10.6 Å². The summed E-state index contributed by atoms with van der Waals surface area (Å²) in [6, 6.07) is 12.4. The van der Waals surface area contributed by atoms with E-state index in [1.807, 2.05) is 6.07 Å². The van der Waals surface area contributed by atoms with Crippen molar-refractivity contribution < 1.29 is 4.79 Å². The maximum absolute atomic E-state index is 11.3. The van der Waals surface area contributed by atoms with Crippen molar-refractivity contribution >= 4 is 58.0 Å². The molecule has 3 rings (SSSR count). The largest absolute Gasteiger partial charge is 0.332 e. The Morgan fingerprint density at radius 3 is 2.52 bits per heavy atom. The number of halogens is 2. The van der Waals surface area contributed by atoms with Crippen LogP contribution in [0, 0.1) is 0 Å². The SMILES string of the molecule is CC(=O)c1ccc(NC(=S)Nc2ncn(Cc3ccc(Cl)c(Cl)c3)n2)cc1. The van der Waals surface area contributed by atoms with Gasteiger partial charge in [0.05, 0.1) is 16.6 Å². The smallest absolute Gasteiger partial charge is 0.248 e. The molecule has 0 aliphatic heterocycles. The Morgan fingerprint density at radius 2 is 1.85 bits per heavy atom. The molecule has 9 heteroatoms. The van der Waals surface area contributed by atoms with Crippen molar-refractivity contribution in [1.82, 2.24) is 14.8 Å². The zero-order valence-corrected chi connectivity index (χ0v) is 16.6. The van der Waals surface area contributed by atoms with E-state index in [1.54, 1.807) is 47.4 Å². The zero-order chi connectivity index (χ0) is 19.4. The number of nitrogens with one attached hydrogen (secondary N) is 2. The van der Waals surface area contributed by atoms with Gasteiger partial charge in [0.2, 0.25) is 5.95 Å². The lowest BCUT2D eigenvalue weighted by Crippen LogP contribution is -2.20. The number of benzene rings is 2. The lowest BCUT2D eigenvalue weighted by atomic mass is 10.1. The number of rotatable bonds is 5. The number of ketones is 1. The molecule has 1 heterocycles. The first-order valence-corrected chi connectivity index (χ1v) is 9.09. The lowest BCUT2D eigenvalue weighted by Gasteiger charge is -2.08. The molecule has 0 amide bonds. The summed E-state index contributed by atoms with van der Waals surface area (Å²) in [6.45, 7) is 2.02. The monoisotopic (exact) mass is 419 g/mol. The van der Waals surface area contributed by atoms with Gasteiger partial charge in [0.15, 0.2) is 10.9 Å². The second-order valence-corrected chi connectivity index (χ2v) is 6.95. The normalized spacial score (nSPS) is 10.5. The van der Waals surface area contributed by atoms with Crippen molar-refractivity contribution in [2.24, 2.45) is 0 Å². The fourth-order valence-electron chi connectivity index (χ4n) is 2.31. The van der Waals surface area contributed by atoms with Crippen LogP contribution in [0.3, 0.4) is 0 Å². The van der Waals surface area contributed by atoms with Crippen molar-refractivity contribution in [3.05, 3.63) is 70.0 Å². The van der Waals surface area contributed by atoms with Crippen LogP contribution in [0.5, 0.6) is 0 Å². The van der Waals surface area contributed by atoms with Gasteiger partial charge in [0, 0.05) is 11.3 Å². The van der Waals surface area contributed by atoms with Gasteiger partial charge in [-0.15, -0.1) is 5.10 Å². The van der Waals surface area contributed by atoms with Crippen molar-refractivity contribution in [1.29, 1.82) is 0 Å². The first-order chi connectivity index (χ1) is 12.9. The van der Waals surface area contributed by atoms with E-state index in [1.165, 1.54) is 6.92 Å². The molecule has 6 nitrogen and oxygen atoms in total. The van der Waals surface area contributed by atoms with E-state index >= 15 is 0 Å². The maximum atomic E-state index is 11.3. The second-order valence-electron chi connectivity index (χ2n) is 5.73. The minimum Gasteiger partial charge on any atom is -0.332 e. The average Bonchev–Trinajstić information content (AvgIpc) is 3.05. The molecule has 0 atom stereocenters. The van der Waals surface area contributed by atoms with Gasteiger partial charge in [-0.3, -0.25) is 10.1 Å². The molecule has 0 fully saturated rings. The van der Waals surface area contributed by atoms with Gasteiger partial charge in [-0.05, 0) is 61.1 Å². The third kappa shape index (κ3) is 5.26. The molecule has 0 saturated heterocycles. The Balaban J connectivity index is 1.58. The fraction of sp³-hybridized carbons (Fsp3) is 0.111. The van der Waals surface area contributed by atoms with Crippen LogP contribution >= 0.6 is 35.4 Å². The van der Waals surface area contributed by atoms with Crippen molar-refractivity contribution in [3.63, 3.8) is 0 Å². The summed E-state index contributed by atoms with van der Waals surface area (Å²) in [4.78, 5) is 15.5. The molecule has 1 aromatic heterocycles. The Bertz CT molecular complexity index is 988. The van der Waals surface area contributed by atoms with E-state index in [0.29, 0.717) is 33.2 Å². The van der Waals surface area contributed by atoms with Crippen LogP contribution in [-0.2, 0) is 6.54 Å². The second kappa shape index (κ2) is 8.47. The molecule has 27 heavy (non-hydrogen) atoms. The third-order valence-corrected chi connectivity index (χ3v) is 4.58. The van der Waals surface area contributed by atoms with Crippen LogP contribution in [0.25, 0.3) is 0 Å². The summed E-state index contributed by atoms with van der Waals surface area (Å²) in [5.74, 6) is 0.381. The first kappa shape index (κ1) is 19.3. The van der Waals surface area contributed by atoms with Gasteiger partial charge in [0.1, 0.15) is 6.33 Å². The van der Waals surface area contributed by atoms with Crippen molar-refractivity contribution in [3.8, 4) is 0 Å². The van der Waals surface area contributed by atoms with Crippen LogP contribution in [0.4, 0.5) is 11.6 Å². The lowest BCUT2D eigenvalue weighted by molar-refractivity contribution is 0.101. The molecule has 0 aliphatic rings. The summed E-state index contributed by atoms with van der Waals surface area (Å²) >= 11 is 17.2. The highest BCUT2D eigenvalue weighted by Crippen LogP contribution is 2.23. The molecule has 138 valence electrons. The fourth-order valence-corrected chi connectivity index (χ4v) is 2.84. The minimum atomic E-state index is 0.0129. The van der Waals surface area contributed by atoms with Gasteiger partial charge < -0.3 is 5.32 Å². The van der Waals surface area contributed by atoms with E-state index in [4.69, 9.17) is 35.4 Å². The molecule has 0 aliphatic carbocycles. The molecule has 0 unspecified atom stereocenters. The number of nitrogens with zero attached hydrogens (tertiary/aromatic N) is 3. The summed E-state index contributed by atoms with van der Waals surface area (Å²) in [7, 11) is 0. The van der Waals surface area contributed by atoms with E-state index in [9.17, 15) is 4.79 Å². The van der Waals surface area contributed by atoms with Gasteiger partial charge in [-0.2, -0.15) is 0 Å². The zero-order valence-electron chi connectivity index (χ0n) is 14.2. The number of aromatic nitrogens is 3. The van der Waals surface area contributed by atoms with E-state index < -0.39 is 0 Å². The minimum absolute atomic E-state index is 0.0129. The Labute approximate surface area is 171 Å². The van der Waals surface area contributed by atoms with Crippen LogP contribution in [0.15, 0.2) is 48.8 Å². The highest BCUT2D eigenvalue weighted by molar-refractivity contribution is 7.80. The number of anilines is 2. The highest BCUT2D eigenvalue weighted by Gasteiger charge is 2.06. The topological polar surface area (TPSA) is 71.8 Å². The standard InChI is InChI=1S/C18H15Cl2N5OS/c1-11(26)13-3-5-14(6-4-13)22-18(27)23-17-21-10-25(24-17)9-12-2-7-15(19)16(20)8-12/h2-8,10H,9H2,1H3,(H2,22,23,24,27). The number of thiocarbonyl (C=S) groups is 1. The summed E-state index contributed by atoms with van der Waals surface area (Å²) < 4.78 is 1.66. The van der Waals surface area contributed by atoms with E-state index in [0.717, 1.165) is 11.3 Å². The summed E-state index contributed by atoms with van der Waals surface area (Å²) in [5.41, 5.74) is 2.35. The average molecular weight is 420 g/mol. The molecule has 0 saturated carbocycles. The number of carbonyl (C=O) groups is 1. The van der Waals surface area contributed by atoms with Gasteiger partial charge in [-0.1, -0.05) is 29.3 Å². The van der Waals surface area contributed by atoms with E-state index in [-0.39, 0.29) is 5.78 Å².